The number of hydrogen-bond acceptors (Lipinski definition) is 8. The highest BCUT2D eigenvalue weighted by Crippen LogP contribution is 2.40. The number of aromatic nitrogens is 2. The highest BCUT2D eigenvalue weighted by Gasteiger charge is 2.14. The van der Waals surface area contributed by atoms with Crippen LogP contribution in [0.1, 0.15) is 11.3 Å². The maximum atomic E-state index is 9.26. The predicted molar refractivity (Wildman–Crippen MR) is 111 cm³/mol. The van der Waals surface area contributed by atoms with Gasteiger partial charge in [-0.25, -0.2) is 4.98 Å². The van der Waals surface area contributed by atoms with Crippen molar-refractivity contribution in [2.24, 2.45) is 0 Å². The molecule has 0 saturated heterocycles. The average Bonchev–Trinajstić information content (AvgIpc) is 2.72. The second kappa shape index (κ2) is 8.80. The Morgan fingerprint density at radius 3 is 2.21 bits per heavy atom. The van der Waals surface area contributed by atoms with Crippen molar-refractivity contribution in [2.75, 3.05) is 32.0 Å². The average molecular weight is 391 g/mol. The lowest BCUT2D eigenvalue weighted by molar-refractivity contribution is 0.324. The molecule has 148 valence electrons. The molecule has 0 aliphatic carbocycles. The van der Waals surface area contributed by atoms with Crippen molar-refractivity contribution in [3.05, 3.63) is 53.7 Å². The fraction of sp³-hybridized carbons (Fsp3) is 0.190. The zero-order chi connectivity index (χ0) is 20.8. The summed E-state index contributed by atoms with van der Waals surface area (Å²) < 4.78 is 16.1. The molecule has 0 fully saturated rings. The number of nitrogens with one attached hydrogen (secondary N) is 2. The molecule has 1 heterocycles. The van der Waals surface area contributed by atoms with E-state index in [1.807, 2.05) is 19.1 Å². The van der Waals surface area contributed by atoms with Crippen LogP contribution in [-0.2, 0) is 0 Å². The van der Waals surface area contributed by atoms with Gasteiger partial charge in [-0.05, 0) is 19.1 Å². The zero-order valence-corrected chi connectivity index (χ0v) is 16.6. The molecule has 29 heavy (non-hydrogen) atoms. The van der Waals surface area contributed by atoms with E-state index in [0.29, 0.717) is 46.0 Å². The van der Waals surface area contributed by atoms with Gasteiger partial charge >= 0.3 is 0 Å². The Hall–Kier alpha value is -3.99. The van der Waals surface area contributed by atoms with Crippen molar-refractivity contribution in [1.29, 1.82) is 5.26 Å². The summed E-state index contributed by atoms with van der Waals surface area (Å²) >= 11 is 0. The molecule has 2 aromatic carbocycles. The number of benzene rings is 2. The first kappa shape index (κ1) is 19.8. The molecular formula is C21H21N5O3. The van der Waals surface area contributed by atoms with E-state index in [2.05, 4.69) is 26.7 Å². The minimum atomic E-state index is 0.377. The molecule has 0 atom stereocenters. The third kappa shape index (κ3) is 4.47. The molecule has 0 bridgehead atoms. The SMILES string of the molecule is COc1cc(Nc2cc(C)nc(Nc3ccccc3C#N)n2)cc(OC)c1OC. The summed E-state index contributed by atoms with van der Waals surface area (Å²) in [5, 5.41) is 15.6. The standard InChI is InChI=1S/C21H21N5O3/c1-13-9-19(24-15-10-17(27-2)20(29-4)18(11-15)28-3)26-21(23-13)25-16-8-6-5-7-14(16)12-22/h5-11H,1-4H3,(H2,23,24,25,26). The first-order valence-electron chi connectivity index (χ1n) is 8.76. The van der Waals surface area contributed by atoms with E-state index in [9.17, 15) is 5.26 Å². The van der Waals surface area contributed by atoms with E-state index in [1.165, 1.54) is 0 Å². The van der Waals surface area contributed by atoms with E-state index < -0.39 is 0 Å². The number of hydrogen-bond donors (Lipinski definition) is 2. The molecule has 0 spiro atoms. The Morgan fingerprint density at radius 2 is 1.59 bits per heavy atom. The first-order chi connectivity index (χ1) is 14.1. The zero-order valence-electron chi connectivity index (χ0n) is 16.6. The van der Waals surface area contributed by atoms with Gasteiger partial charge in [-0.2, -0.15) is 10.2 Å². The predicted octanol–water partition coefficient (Wildman–Crippen LogP) is 4.17. The van der Waals surface area contributed by atoms with Crippen LogP contribution in [-0.4, -0.2) is 31.3 Å². The second-order valence-electron chi connectivity index (χ2n) is 6.04. The molecule has 1 aromatic heterocycles. The van der Waals surface area contributed by atoms with Gasteiger partial charge in [0.05, 0.1) is 32.6 Å². The summed E-state index contributed by atoms with van der Waals surface area (Å²) in [4.78, 5) is 8.90. The number of para-hydroxylation sites is 1. The monoisotopic (exact) mass is 391 g/mol. The van der Waals surface area contributed by atoms with Crippen LogP contribution >= 0.6 is 0 Å². The van der Waals surface area contributed by atoms with Gasteiger partial charge in [0.25, 0.3) is 0 Å². The highest BCUT2D eigenvalue weighted by molar-refractivity contribution is 5.68. The van der Waals surface area contributed by atoms with Crippen molar-refractivity contribution in [3.63, 3.8) is 0 Å². The van der Waals surface area contributed by atoms with Crippen molar-refractivity contribution in [2.45, 2.75) is 6.92 Å². The van der Waals surface area contributed by atoms with E-state index in [-0.39, 0.29) is 0 Å². The van der Waals surface area contributed by atoms with E-state index in [1.54, 1.807) is 51.7 Å². The van der Waals surface area contributed by atoms with Gasteiger partial charge in [-0.15, -0.1) is 0 Å². The topological polar surface area (TPSA) is 101 Å². The summed E-state index contributed by atoms with van der Waals surface area (Å²) in [6.07, 6.45) is 0. The molecule has 0 aliphatic heterocycles. The molecule has 0 saturated carbocycles. The Morgan fingerprint density at radius 1 is 0.897 bits per heavy atom. The Labute approximate surface area is 169 Å². The second-order valence-corrected chi connectivity index (χ2v) is 6.04. The van der Waals surface area contributed by atoms with E-state index in [4.69, 9.17) is 14.2 Å². The summed E-state index contributed by atoms with van der Waals surface area (Å²) in [6, 6.07) is 14.7. The fourth-order valence-electron chi connectivity index (χ4n) is 2.80. The smallest absolute Gasteiger partial charge is 0.229 e. The number of nitriles is 1. The molecule has 2 N–H and O–H groups in total. The highest BCUT2D eigenvalue weighted by atomic mass is 16.5. The minimum absolute atomic E-state index is 0.377. The van der Waals surface area contributed by atoms with Crippen LogP contribution in [0.15, 0.2) is 42.5 Å². The molecule has 8 nitrogen and oxygen atoms in total. The number of ether oxygens (including phenoxy) is 3. The molecular weight excluding hydrogens is 370 g/mol. The molecule has 3 rings (SSSR count). The van der Waals surface area contributed by atoms with Crippen molar-refractivity contribution in [1.82, 2.24) is 9.97 Å². The lowest BCUT2D eigenvalue weighted by atomic mass is 10.2. The van der Waals surface area contributed by atoms with Gasteiger partial charge in [0.15, 0.2) is 11.5 Å². The van der Waals surface area contributed by atoms with Crippen molar-refractivity contribution in [3.8, 4) is 23.3 Å². The molecule has 3 aromatic rings. The normalized spacial score (nSPS) is 10.0. The van der Waals surface area contributed by atoms with Crippen LogP contribution < -0.4 is 24.8 Å². The number of anilines is 4. The largest absolute Gasteiger partial charge is 0.493 e. The van der Waals surface area contributed by atoms with E-state index in [0.717, 1.165) is 5.69 Å². The maximum Gasteiger partial charge on any atom is 0.229 e. The van der Waals surface area contributed by atoms with Crippen LogP contribution in [0.3, 0.4) is 0 Å². The van der Waals surface area contributed by atoms with Gasteiger partial charge in [0, 0.05) is 29.6 Å². The Balaban J connectivity index is 1.92. The summed E-state index contributed by atoms with van der Waals surface area (Å²) in [7, 11) is 4.67. The third-order valence-electron chi connectivity index (χ3n) is 4.09. The number of nitrogens with zero attached hydrogens (tertiary/aromatic N) is 3. The lowest BCUT2D eigenvalue weighted by Gasteiger charge is -2.15. The van der Waals surface area contributed by atoms with Gasteiger partial charge in [-0.1, -0.05) is 12.1 Å². The third-order valence-corrected chi connectivity index (χ3v) is 4.09. The molecule has 0 amide bonds. The van der Waals surface area contributed by atoms with Crippen LogP contribution in [0.4, 0.5) is 23.1 Å². The van der Waals surface area contributed by atoms with Crippen LogP contribution in [0.25, 0.3) is 0 Å². The van der Waals surface area contributed by atoms with Crippen LogP contribution in [0.5, 0.6) is 17.2 Å². The molecule has 0 radical (unpaired) electrons. The number of methoxy groups -OCH3 is 3. The van der Waals surface area contributed by atoms with Crippen molar-refractivity contribution < 1.29 is 14.2 Å². The quantitative estimate of drug-likeness (QED) is 0.619. The molecule has 0 aliphatic rings. The summed E-state index contributed by atoms with van der Waals surface area (Å²) in [6.45, 7) is 1.86. The van der Waals surface area contributed by atoms with Gasteiger partial charge in [0.1, 0.15) is 11.9 Å². The first-order valence-corrected chi connectivity index (χ1v) is 8.76. The molecule has 8 heteroatoms. The molecule has 0 unspecified atom stereocenters. The van der Waals surface area contributed by atoms with Crippen LogP contribution in [0, 0.1) is 18.3 Å². The van der Waals surface area contributed by atoms with Crippen molar-refractivity contribution >= 4 is 23.1 Å². The van der Waals surface area contributed by atoms with E-state index >= 15 is 0 Å². The fourth-order valence-corrected chi connectivity index (χ4v) is 2.80. The van der Waals surface area contributed by atoms with Gasteiger partial charge < -0.3 is 24.8 Å². The summed E-state index contributed by atoms with van der Waals surface area (Å²) in [5.41, 5.74) is 2.61. The summed E-state index contributed by atoms with van der Waals surface area (Å²) in [5.74, 6) is 2.52. The minimum Gasteiger partial charge on any atom is -0.493 e. The number of rotatable bonds is 7. The van der Waals surface area contributed by atoms with Crippen LogP contribution in [0.2, 0.25) is 0 Å². The van der Waals surface area contributed by atoms with Gasteiger partial charge in [0.2, 0.25) is 11.7 Å². The maximum absolute atomic E-state index is 9.26. The Kier molecular flexibility index (Phi) is 6.00. The Bertz CT molecular complexity index is 1040. The number of aryl methyl sites for hydroxylation is 1. The lowest BCUT2D eigenvalue weighted by Crippen LogP contribution is -2.04. The van der Waals surface area contributed by atoms with Gasteiger partial charge in [-0.3, -0.25) is 0 Å².